The van der Waals surface area contributed by atoms with E-state index in [0.717, 1.165) is 11.8 Å². The van der Waals surface area contributed by atoms with Gasteiger partial charge in [-0.25, -0.2) is 0 Å². The lowest BCUT2D eigenvalue weighted by Crippen LogP contribution is -2.34. The Morgan fingerprint density at radius 2 is 1.93 bits per heavy atom. The number of hydrogen-bond donors (Lipinski definition) is 1. The summed E-state index contributed by atoms with van der Waals surface area (Å²) in [5.41, 5.74) is 1.48. The van der Waals surface area contributed by atoms with E-state index < -0.39 is 0 Å². The zero-order chi connectivity index (χ0) is 9.38. The van der Waals surface area contributed by atoms with Crippen LogP contribution in [0.4, 0.5) is 0 Å². The van der Waals surface area contributed by atoms with E-state index in [4.69, 9.17) is 0 Å². The van der Waals surface area contributed by atoms with E-state index in [2.05, 4.69) is 35.6 Å². The molecule has 0 amide bonds. The maximum atomic E-state index is 3.70. The van der Waals surface area contributed by atoms with Crippen LogP contribution in [0.2, 0.25) is 0 Å². The molecule has 1 aromatic carbocycles. The quantitative estimate of drug-likeness (QED) is 0.713. The van der Waals surface area contributed by atoms with Gasteiger partial charge in [-0.05, 0) is 43.2 Å². The van der Waals surface area contributed by atoms with Crippen LogP contribution in [0.25, 0.3) is 0 Å². The zero-order valence-corrected chi connectivity index (χ0v) is 8.45. The number of nitrogens with one attached hydrogen (secondary N) is 1. The summed E-state index contributed by atoms with van der Waals surface area (Å²) in [6.45, 7) is 1.23. The first-order valence-corrected chi connectivity index (χ1v) is 5.72. The van der Waals surface area contributed by atoms with Gasteiger partial charge in [0.2, 0.25) is 0 Å². The second-order valence-electron chi connectivity index (χ2n) is 4.74. The Bertz CT molecular complexity index is 306. The summed E-state index contributed by atoms with van der Waals surface area (Å²) in [4.78, 5) is 0. The van der Waals surface area contributed by atoms with Crippen molar-refractivity contribution < 1.29 is 0 Å². The third-order valence-corrected chi connectivity index (χ3v) is 3.84. The summed E-state index contributed by atoms with van der Waals surface area (Å²) >= 11 is 0. The van der Waals surface area contributed by atoms with Crippen LogP contribution in [0.1, 0.15) is 30.9 Å². The van der Waals surface area contributed by atoms with Crippen LogP contribution in [0, 0.1) is 11.8 Å². The van der Waals surface area contributed by atoms with Crippen LogP contribution < -0.4 is 5.32 Å². The molecule has 1 heterocycles. The minimum atomic E-state index is 0.634. The molecule has 0 unspecified atom stereocenters. The lowest BCUT2D eigenvalue weighted by molar-refractivity contribution is 0.293. The molecule has 1 saturated heterocycles. The van der Waals surface area contributed by atoms with Gasteiger partial charge in [-0.3, -0.25) is 0 Å². The normalized spacial score (nSPS) is 35.9. The Balaban J connectivity index is 1.85. The first-order chi connectivity index (χ1) is 6.93. The molecule has 74 valence electrons. The maximum absolute atomic E-state index is 3.70. The summed E-state index contributed by atoms with van der Waals surface area (Å²) in [6, 6.07) is 11.6. The number of piperidine rings is 1. The molecule has 1 aliphatic carbocycles. The molecule has 2 bridgehead atoms. The van der Waals surface area contributed by atoms with E-state index in [1.54, 1.807) is 0 Å². The molecule has 1 saturated carbocycles. The van der Waals surface area contributed by atoms with Crippen LogP contribution in [-0.4, -0.2) is 6.54 Å². The highest BCUT2D eigenvalue weighted by Gasteiger charge is 2.35. The van der Waals surface area contributed by atoms with Crippen molar-refractivity contribution >= 4 is 0 Å². The fraction of sp³-hybridized carbons (Fsp3) is 0.538. The molecule has 1 heteroatoms. The molecule has 1 N–H and O–H groups in total. The van der Waals surface area contributed by atoms with E-state index in [-0.39, 0.29) is 0 Å². The van der Waals surface area contributed by atoms with Gasteiger partial charge >= 0.3 is 0 Å². The number of rotatable bonds is 1. The summed E-state index contributed by atoms with van der Waals surface area (Å²) in [7, 11) is 0. The van der Waals surface area contributed by atoms with E-state index >= 15 is 0 Å². The summed E-state index contributed by atoms with van der Waals surface area (Å²) in [5.74, 6) is 1.87. The lowest BCUT2D eigenvalue weighted by atomic mass is 9.88. The SMILES string of the molecule is c1ccc([C@H]2NC[C@H]3CC[C@H]2C3)cc1. The smallest absolute Gasteiger partial charge is 0.0348 e. The molecule has 1 aliphatic heterocycles. The second-order valence-corrected chi connectivity index (χ2v) is 4.74. The van der Waals surface area contributed by atoms with Gasteiger partial charge in [0.15, 0.2) is 0 Å². The summed E-state index contributed by atoms with van der Waals surface area (Å²) < 4.78 is 0. The molecule has 0 radical (unpaired) electrons. The first-order valence-electron chi connectivity index (χ1n) is 5.72. The van der Waals surface area contributed by atoms with Gasteiger partial charge in [0.1, 0.15) is 0 Å². The Morgan fingerprint density at radius 1 is 1.07 bits per heavy atom. The molecule has 2 aliphatic rings. The van der Waals surface area contributed by atoms with Gasteiger partial charge in [0, 0.05) is 6.04 Å². The molecule has 14 heavy (non-hydrogen) atoms. The van der Waals surface area contributed by atoms with Crippen molar-refractivity contribution in [3.8, 4) is 0 Å². The number of fused-ring (bicyclic) bond motifs is 2. The lowest BCUT2D eigenvalue weighted by Gasteiger charge is -2.30. The Kier molecular flexibility index (Phi) is 2.06. The van der Waals surface area contributed by atoms with Crippen LogP contribution in [-0.2, 0) is 0 Å². The molecule has 2 fully saturated rings. The third-order valence-electron chi connectivity index (χ3n) is 3.84. The molecular weight excluding hydrogens is 170 g/mol. The van der Waals surface area contributed by atoms with Crippen molar-refractivity contribution in [2.75, 3.05) is 6.54 Å². The minimum absolute atomic E-state index is 0.634. The molecule has 3 atom stereocenters. The van der Waals surface area contributed by atoms with Crippen molar-refractivity contribution in [2.45, 2.75) is 25.3 Å². The monoisotopic (exact) mass is 187 g/mol. The Labute approximate surface area is 85.5 Å². The van der Waals surface area contributed by atoms with E-state index in [9.17, 15) is 0 Å². The average Bonchev–Trinajstić information content (AvgIpc) is 2.62. The number of benzene rings is 1. The molecule has 0 spiro atoms. The summed E-state index contributed by atoms with van der Waals surface area (Å²) in [5, 5.41) is 3.70. The van der Waals surface area contributed by atoms with Crippen LogP contribution in [0.3, 0.4) is 0 Å². The molecule has 1 aromatic rings. The van der Waals surface area contributed by atoms with Crippen LogP contribution in [0.5, 0.6) is 0 Å². The second kappa shape index (κ2) is 3.39. The largest absolute Gasteiger partial charge is 0.309 e. The van der Waals surface area contributed by atoms with Gasteiger partial charge in [-0.15, -0.1) is 0 Å². The highest BCUT2D eigenvalue weighted by atomic mass is 14.9. The predicted octanol–water partition coefficient (Wildman–Crippen LogP) is 2.75. The van der Waals surface area contributed by atoms with Crippen LogP contribution >= 0.6 is 0 Å². The Hall–Kier alpha value is -0.820. The van der Waals surface area contributed by atoms with E-state index in [1.807, 2.05) is 0 Å². The molecule has 0 aromatic heterocycles. The molecule has 3 rings (SSSR count). The fourth-order valence-corrected chi connectivity index (χ4v) is 3.11. The van der Waals surface area contributed by atoms with Crippen molar-refractivity contribution in [2.24, 2.45) is 11.8 Å². The highest BCUT2D eigenvalue weighted by molar-refractivity contribution is 5.21. The average molecular weight is 187 g/mol. The topological polar surface area (TPSA) is 12.0 Å². The zero-order valence-electron chi connectivity index (χ0n) is 8.45. The predicted molar refractivity (Wildman–Crippen MR) is 58.0 cm³/mol. The molecular formula is C13H17N. The van der Waals surface area contributed by atoms with Gasteiger partial charge < -0.3 is 5.32 Å². The highest BCUT2D eigenvalue weighted by Crippen LogP contribution is 2.42. The van der Waals surface area contributed by atoms with Gasteiger partial charge in [0.05, 0.1) is 0 Å². The van der Waals surface area contributed by atoms with Crippen molar-refractivity contribution in [3.05, 3.63) is 35.9 Å². The first kappa shape index (κ1) is 8.49. The van der Waals surface area contributed by atoms with Gasteiger partial charge in [0.25, 0.3) is 0 Å². The summed E-state index contributed by atoms with van der Waals surface area (Å²) in [6.07, 6.45) is 4.32. The maximum Gasteiger partial charge on any atom is 0.0348 e. The van der Waals surface area contributed by atoms with Crippen molar-refractivity contribution in [1.82, 2.24) is 5.32 Å². The van der Waals surface area contributed by atoms with Gasteiger partial charge in [-0.1, -0.05) is 30.3 Å². The number of hydrogen-bond acceptors (Lipinski definition) is 1. The van der Waals surface area contributed by atoms with Crippen LogP contribution in [0.15, 0.2) is 30.3 Å². The molecule has 1 nitrogen and oxygen atoms in total. The van der Waals surface area contributed by atoms with Gasteiger partial charge in [-0.2, -0.15) is 0 Å². The standard InChI is InChI=1S/C13H17N/c1-2-4-11(5-3-1)13-12-7-6-10(8-12)9-14-13/h1-5,10,12-14H,6-9H2/t10-,12-,13+/m0/s1. The fourth-order valence-electron chi connectivity index (χ4n) is 3.11. The van der Waals surface area contributed by atoms with E-state index in [0.29, 0.717) is 6.04 Å². The Morgan fingerprint density at radius 3 is 2.79 bits per heavy atom. The third kappa shape index (κ3) is 1.36. The van der Waals surface area contributed by atoms with E-state index in [1.165, 1.54) is 31.4 Å². The van der Waals surface area contributed by atoms with Crippen molar-refractivity contribution in [1.29, 1.82) is 0 Å². The van der Waals surface area contributed by atoms with Crippen molar-refractivity contribution in [3.63, 3.8) is 0 Å². The minimum Gasteiger partial charge on any atom is -0.309 e.